The summed E-state index contributed by atoms with van der Waals surface area (Å²) >= 11 is 0. The van der Waals surface area contributed by atoms with E-state index in [0.29, 0.717) is 12.5 Å². The maximum absolute atomic E-state index is 12.0. The van der Waals surface area contributed by atoms with Crippen molar-refractivity contribution in [2.45, 2.75) is 25.5 Å². The molecule has 3 atom stereocenters. The highest BCUT2D eigenvalue weighted by Crippen LogP contribution is 2.14. The third-order valence-corrected chi connectivity index (χ3v) is 2.70. The molecule has 1 rings (SSSR count). The second-order valence-corrected chi connectivity index (χ2v) is 4.00. The summed E-state index contributed by atoms with van der Waals surface area (Å²) in [5.41, 5.74) is 5.84. The molecule has 1 heterocycles. The topological polar surface area (TPSA) is 49.5 Å². The Labute approximate surface area is 78.7 Å². The number of likely N-dealkylation sites (tertiary alicyclic amines) is 1. The number of hydrogen-bond acceptors (Lipinski definition) is 3. The van der Waals surface area contributed by atoms with E-state index in [1.54, 1.807) is 0 Å². The Kier molecular flexibility index (Phi) is 4.09. The monoisotopic (exact) mass is 190 g/mol. The standard InChI is InChI=1S/C9H19FN2O/c1-7-5-12(3-2-9(7)11)6-8(13)4-10/h7-9,13H,2-6,11H2,1H3. The fourth-order valence-electron chi connectivity index (χ4n) is 1.76. The van der Waals surface area contributed by atoms with E-state index in [1.165, 1.54) is 0 Å². The number of rotatable bonds is 3. The zero-order chi connectivity index (χ0) is 9.84. The van der Waals surface area contributed by atoms with Gasteiger partial charge < -0.3 is 15.7 Å². The van der Waals surface area contributed by atoms with Crippen molar-refractivity contribution in [3.05, 3.63) is 0 Å². The molecule has 0 saturated carbocycles. The van der Waals surface area contributed by atoms with Crippen LogP contribution < -0.4 is 5.73 Å². The number of aliphatic hydroxyl groups is 1. The average Bonchev–Trinajstić information content (AvgIpc) is 2.11. The normalized spacial score (nSPS) is 33.2. The molecule has 0 spiro atoms. The minimum absolute atomic E-state index is 0.263. The molecule has 4 heteroatoms. The highest BCUT2D eigenvalue weighted by Gasteiger charge is 2.24. The molecule has 78 valence electrons. The molecule has 3 N–H and O–H groups in total. The first-order valence-electron chi connectivity index (χ1n) is 4.85. The molecule has 1 saturated heterocycles. The summed E-state index contributed by atoms with van der Waals surface area (Å²) in [7, 11) is 0. The van der Waals surface area contributed by atoms with E-state index in [4.69, 9.17) is 10.8 Å². The molecule has 0 aromatic heterocycles. The van der Waals surface area contributed by atoms with Crippen LogP contribution in [0.1, 0.15) is 13.3 Å². The molecule has 1 fully saturated rings. The Morgan fingerprint density at radius 1 is 1.69 bits per heavy atom. The first kappa shape index (κ1) is 10.9. The molecule has 0 aromatic rings. The van der Waals surface area contributed by atoms with Crippen LogP contribution in [0.15, 0.2) is 0 Å². The predicted molar refractivity (Wildman–Crippen MR) is 50.2 cm³/mol. The molecule has 0 aliphatic carbocycles. The van der Waals surface area contributed by atoms with E-state index in [-0.39, 0.29) is 6.04 Å². The van der Waals surface area contributed by atoms with Crippen LogP contribution in [-0.2, 0) is 0 Å². The van der Waals surface area contributed by atoms with Gasteiger partial charge in [-0.15, -0.1) is 0 Å². The van der Waals surface area contributed by atoms with Gasteiger partial charge in [0.1, 0.15) is 6.67 Å². The SMILES string of the molecule is CC1CN(CC(O)CF)CCC1N. The molecular weight excluding hydrogens is 171 g/mol. The van der Waals surface area contributed by atoms with Crippen molar-refractivity contribution in [2.24, 2.45) is 11.7 Å². The lowest BCUT2D eigenvalue weighted by Gasteiger charge is -2.35. The summed E-state index contributed by atoms with van der Waals surface area (Å²) in [6.07, 6.45) is 0.113. The molecule has 0 amide bonds. The molecule has 1 aliphatic rings. The molecule has 0 bridgehead atoms. The Morgan fingerprint density at radius 3 is 2.92 bits per heavy atom. The number of piperidine rings is 1. The lowest BCUT2D eigenvalue weighted by Crippen LogP contribution is -2.48. The molecule has 1 aliphatic heterocycles. The second kappa shape index (κ2) is 4.88. The first-order valence-corrected chi connectivity index (χ1v) is 4.85. The van der Waals surface area contributed by atoms with Crippen molar-refractivity contribution in [1.82, 2.24) is 4.90 Å². The van der Waals surface area contributed by atoms with Crippen molar-refractivity contribution in [3.8, 4) is 0 Å². The van der Waals surface area contributed by atoms with Gasteiger partial charge in [0, 0.05) is 19.1 Å². The summed E-state index contributed by atoms with van der Waals surface area (Å²) in [6.45, 7) is 3.63. The first-order chi connectivity index (χ1) is 6.13. The summed E-state index contributed by atoms with van der Waals surface area (Å²) in [6, 6.07) is 0.263. The zero-order valence-electron chi connectivity index (χ0n) is 8.12. The molecule has 0 aromatic carbocycles. The number of nitrogens with two attached hydrogens (primary N) is 1. The Bertz CT molecular complexity index is 155. The van der Waals surface area contributed by atoms with Gasteiger partial charge in [0.05, 0.1) is 6.10 Å². The fourth-order valence-corrected chi connectivity index (χ4v) is 1.76. The number of nitrogens with zero attached hydrogens (tertiary/aromatic N) is 1. The number of halogens is 1. The van der Waals surface area contributed by atoms with E-state index in [9.17, 15) is 4.39 Å². The third-order valence-electron chi connectivity index (χ3n) is 2.70. The zero-order valence-corrected chi connectivity index (χ0v) is 8.12. The average molecular weight is 190 g/mol. The van der Waals surface area contributed by atoms with Crippen molar-refractivity contribution >= 4 is 0 Å². The summed E-state index contributed by atoms with van der Waals surface area (Å²) in [5, 5.41) is 9.11. The molecule has 0 radical (unpaired) electrons. The van der Waals surface area contributed by atoms with Crippen LogP contribution in [0.5, 0.6) is 0 Å². The van der Waals surface area contributed by atoms with Crippen molar-refractivity contribution in [1.29, 1.82) is 0 Å². The number of hydrogen-bond donors (Lipinski definition) is 2. The number of β-amino-alcohol motifs (C(OH)–C–C–N with tert-alkyl or cyclic N) is 1. The van der Waals surface area contributed by atoms with Gasteiger partial charge in [0.15, 0.2) is 0 Å². The summed E-state index contributed by atoms with van der Waals surface area (Å²) in [4.78, 5) is 2.08. The lowest BCUT2D eigenvalue weighted by molar-refractivity contribution is 0.0658. The highest BCUT2D eigenvalue weighted by atomic mass is 19.1. The van der Waals surface area contributed by atoms with E-state index < -0.39 is 12.8 Å². The molecule has 3 nitrogen and oxygen atoms in total. The van der Waals surface area contributed by atoms with Gasteiger partial charge >= 0.3 is 0 Å². The third kappa shape index (κ3) is 3.21. The van der Waals surface area contributed by atoms with Gasteiger partial charge in [-0.3, -0.25) is 0 Å². The van der Waals surface area contributed by atoms with Crippen LogP contribution in [0.4, 0.5) is 4.39 Å². The van der Waals surface area contributed by atoms with Crippen LogP contribution in [0.2, 0.25) is 0 Å². The molecule has 3 unspecified atom stereocenters. The van der Waals surface area contributed by atoms with Crippen LogP contribution in [0, 0.1) is 5.92 Å². The van der Waals surface area contributed by atoms with Gasteiger partial charge in [-0.2, -0.15) is 0 Å². The van der Waals surface area contributed by atoms with E-state index >= 15 is 0 Å². The largest absolute Gasteiger partial charge is 0.389 e. The quantitative estimate of drug-likeness (QED) is 0.658. The van der Waals surface area contributed by atoms with Gasteiger partial charge in [-0.1, -0.05) is 6.92 Å². The van der Waals surface area contributed by atoms with Crippen molar-refractivity contribution in [3.63, 3.8) is 0 Å². The number of alkyl halides is 1. The van der Waals surface area contributed by atoms with E-state index in [2.05, 4.69) is 11.8 Å². The van der Waals surface area contributed by atoms with Gasteiger partial charge in [0.2, 0.25) is 0 Å². The minimum atomic E-state index is -0.832. The van der Waals surface area contributed by atoms with Crippen LogP contribution >= 0.6 is 0 Å². The van der Waals surface area contributed by atoms with Crippen LogP contribution in [-0.4, -0.2) is 48.5 Å². The Morgan fingerprint density at radius 2 is 2.38 bits per heavy atom. The van der Waals surface area contributed by atoms with Crippen molar-refractivity contribution in [2.75, 3.05) is 26.3 Å². The van der Waals surface area contributed by atoms with Gasteiger partial charge in [-0.05, 0) is 18.9 Å². The minimum Gasteiger partial charge on any atom is -0.389 e. The van der Waals surface area contributed by atoms with E-state index in [0.717, 1.165) is 19.5 Å². The molecular formula is C9H19FN2O. The predicted octanol–water partition coefficient (Wildman–Crippen LogP) is -0.0141. The van der Waals surface area contributed by atoms with Gasteiger partial charge in [-0.25, -0.2) is 4.39 Å². The maximum atomic E-state index is 12.0. The summed E-state index contributed by atoms with van der Waals surface area (Å²) in [5.74, 6) is 0.445. The Hall–Kier alpha value is -0.190. The Balaban J connectivity index is 2.29. The summed E-state index contributed by atoms with van der Waals surface area (Å²) < 4.78 is 12.0. The highest BCUT2D eigenvalue weighted by molar-refractivity contribution is 4.80. The molecule has 13 heavy (non-hydrogen) atoms. The van der Waals surface area contributed by atoms with E-state index in [1.807, 2.05) is 0 Å². The lowest BCUT2D eigenvalue weighted by atomic mass is 9.95. The van der Waals surface area contributed by atoms with Crippen LogP contribution in [0.25, 0.3) is 0 Å². The smallest absolute Gasteiger partial charge is 0.117 e. The van der Waals surface area contributed by atoms with Gasteiger partial charge in [0.25, 0.3) is 0 Å². The number of aliphatic hydroxyl groups excluding tert-OH is 1. The maximum Gasteiger partial charge on any atom is 0.117 e. The van der Waals surface area contributed by atoms with Crippen molar-refractivity contribution < 1.29 is 9.50 Å². The van der Waals surface area contributed by atoms with Crippen LogP contribution in [0.3, 0.4) is 0 Å². The second-order valence-electron chi connectivity index (χ2n) is 4.00. The fraction of sp³-hybridized carbons (Fsp3) is 1.00.